The highest BCUT2D eigenvalue weighted by atomic mass is 79.9. The minimum absolute atomic E-state index is 0.407. The summed E-state index contributed by atoms with van der Waals surface area (Å²) in [6.45, 7) is 7.95. The Balaban J connectivity index is 1.71. The highest BCUT2D eigenvalue weighted by molar-refractivity contribution is 9.10. The molecule has 0 aliphatic rings. The van der Waals surface area contributed by atoms with Crippen molar-refractivity contribution in [2.24, 2.45) is 0 Å². The second-order valence-corrected chi connectivity index (χ2v) is 7.35. The van der Waals surface area contributed by atoms with Crippen LogP contribution < -0.4 is 10.6 Å². The number of nitrogens with one attached hydrogen (secondary N) is 2. The zero-order valence-corrected chi connectivity index (χ0v) is 16.4. The molecule has 4 nitrogen and oxygen atoms in total. The van der Waals surface area contributed by atoms with Gasteiger partial charge in [0, 0.05) is 28.6 Å². The quantitative estimate of drug-likeness (QED) is 0.549. The summed E-state index contributed by atoms with van der Waals surface area (Å²) >= 11 is 3.53. The zero-order chi connectivity index (χ0) is 17.8. The number of halogens is 1. The maximum absolute atomic E-state index is 4.82. The van der Waals surface area contributed by atoms with Crippen LogP contribution in [0.25, 0.3) is 10.9 Å². The van der Waals surface area contributed by atoms with E-state index < -0.39 is 0 Å². The molecule has 0 saturated carbocycles. The molecule has 0 spiro atoms. The molecule has 2 aromatic heterocycles. The molecule has 0 saturated heterocycles. The monoisotopic (exact) mass is 398 g/mol. The average molecular weight is 399 g/mol. The second kappa shape index (κ2) is 7.83. The molecular weight excluding hydrogens is 376 g/mol. The van der Waals surface area contributed by atoms with Gasteiger partial charge in [-0.2, -0.15) is 0 Å². The smallest absolute Gasteiger partial charge is 0.130 e. The first-order chi connectivity index (χ1) is 12.0. The van der Waals surface area contributed by atoms with E-state index in [9.17, 15) is 0 Å². The van der Waals surface area contributed by atoms with Gasteiger partial charge in [0.1, 0.15) is 11.6 Å². The summed E-state index contributed by atoms with van der Waals surface area (Å²) in [4.78, 5) is 9.27. The number of hydrogen-bond donors (Lipinski definition) is 2. The molecular formula is C20H23BrN4. The third-order valence-corrected chi connectivity index (χ3v) is 4.53. The Hall–Kier alpha value is -2.14. The number of pyridine rings is 2. The van der Waals surface area contributed by atoms with Gasteiger partial charge in [-0.3, -0.25) is 0 Å². The minimum Gasteiger partial charge on any atom is -0.368 e. The van der Waals surface area contributed by atoms with Crippen molar-refractivity contribution in [1.29, 1.82) is 0 Å². The van der Waals surface area contributed by atoms with E-state index in [1.807, 2.05) is 37.3 Å². The molecule has 2 heterocycles. The van der Waals surface area contributed by atoms with E-state index in [2.05, 4.69) is 57.5 Å². The molecule has 0 unspecified atom stereocenters. The van der Waals surface area contributed by atoms with E-state index in [1.165, 1.54) is 5.56 Å². The van der Waals surface area contributed by atoms with Gasteiger partial charge in [0.15, 0.2) is 0 Å². The van der Waals surface area contributed by atoms with Gasteiger partial charge in [0.2, 0.25) is 0 Å². The van der Waals surface area contributed by atoms with Crippen LogP contribution in [0.5, 0.6) is 0 Å². The van der Waals surface area contributed by atoms with Gasteiger partial charge in [0.05, 0.1) is 5.52 Å². The molecule has 1 aromatic carbocycles. The molecule has 130 valence electrons. The molecule has 0 bridgehead atoms. The summed E-state index contributed by atoms with van der Waals surface area (Å²) < 4.78 is 1.08. The Labute approximate surface area is 157 Å². The lowest BCUT2D eigenvalue weighted by Crippen LogP contribution is -2.16. The highest BCUT2D eigenvalue weighted by Crippen LogP contribution is 2.28. The predicted octanol–water partition coefficient (Wildman–Crippen LogP) is 5.35. The molecule has 3 rings (SSSR count). The Morgan fingerprint density at radius 1 is 1.00 bits per heavy atom. The van der Waals surface area contributed by atoms with E-state index in [0.717, 1.165) is 45.8 Å². The number of aromatic nitrogens is 2. The van der Waals surface area contributed by atoms with Crippen molar-refractivity contribution in [3.8, 4) is 0 Å². The minimum atomic E-state index is 0.407. The first-order valence-corrected chi connectivity index (χ1v) is 9.34. The highest BCUT2D eigenvalue weighted by Gasteiger charge is 2.10. The van der Waals surface area contributed by atoms with E-state index >= 15 is 0 Å². The fourth-order valence-corrected chi connectivity index (χ4v) is 3.14. The van der Waals surface area contributed by atoms with Gasteiger partial charge in [-0.05, 0) is 54.8 Å². The largest absolute Gasteiger partial charge is 0.368 e. The van der Waals surface area contributed by atoms with Crippen molar-refractivity contribution in [1.82, 2.24) is 9.97 Å². The van der Waals surface area contributed by atoms with Crippen molar-refractivity contribution < 1.29 is 0 Å². The number of aryl methyl sites for hydroxylation is 1. The van der Waals surface area contributed by atoms with E-state index in [0.29, 0.717) is 5.92 Å². The van der Waals surface area contributed by atoms with Crippen LogP contribution in [-0.4, -0.2) is 23.1 Å². The van der Waals surface area contributed by atoms with Gasteiger partial charge in [0.25, 0.3) is 0 Å². The molecule has 0 atom stereocenters. The molecule has 0 amide bonds. The van der Waals surface area contributed by atoms with Crippen LogP contribution in [0.2, 0.25) is 0 Å². The first kappa shape index (κ1) is 17.7. The third-order valence-electron chi connectivity index (χ3n) is 4.04. The van der Waals surface area contributed by atoms with Crippen molar-refractivity contribution >= 4 is 38.5 Å². The normalized spacial score (nSPS) is 11.1. The predicted molar refractivity (Wildman–Crippen MR) is 109 cm³/mol. The lowest BCUT2D eigenvalue weighted by atomic mass is 10.0. The summed E-state index contributed by atoms with van der Waals surface area (Å²) in [5, 5.41) is 7.97. The standard InChI is InChI=1S/C20H23BrN4/c1-13(2)17-12-15-11-16(21)7-8-18(15)25-20(17)23-10-9-22-19-6-4-5-14(3)24-19/h4-8,11-13H,9-10H2,1-3H3,(H,22,24)(H,23,25). The number of hydrogen-bond acceptors (Lipinski definition) is 4. The molecule has 0 aliphatic carbocycles. The number of rotatable bonds is 6. The number of fused-ring (bicyclic) bond motifs is 1. The summed E-state index contributed by atoms with van der Waals surface area (Å²) in [6, 6.07) is 14.4. The van der Waals surface area contributed by atoms with Crippen LogP contribution >= 0.6 is 15.9 Å². The number of benzene rings is 1. The topological polar surface area (TPSA) is 49.8 Å². The maximum atomic E-state index is 4.82. The van der Waals surface area contributed by atoms with Crippen molar-refractivity contribution in [2.45, 2.75) is 26.7 Å². The maximum Gasteiger partial charge on any atom is 0.130 e. The van der Waals surface area contributed by atoms with Crippen LogP contribution in [-0.2, 0) is 0 Å². The summed E-state index contributed by atoms with van der Waals surface area (Å²) in [7, 11) is 0. The molecule has 3 aromatic rings. The van der Waals surface area contributed by atoms with Gasteiger partial charge in [-0.1, -0.05) is 35.8 Å². The molecule has 0 radical (unpaired) electrons. The fourth-order valence-electron chi connectivity index (χ4n) is 2.76. The van der Waals surface area contributed by atoms with E-state index in [-0.39, 0.29) is 0 Å². The molecule has 5 heteroatoms. The average Bonchev–Trinajstić information content (AvgIpc) is 2.58. The molecule has 0 fully saturated rings. The Bertz CT molecular complexity index is 877. The van der Waals surface area contributed by atoms with Crippen LogP contribution in [0.3, 0.4) is 0 Å². The van der Waals surface area contributed by atoms with Crippen LogP contribution in [0.1, 0.15) is 31.0 Å². The van der Waals surface area contributed by atoms with Gasteiger partial charge in [-0.25, -0.2) is 9.97 Å². The SMILES string of the molecule is Cc1cccc(NCCNc2nc3ccc(Br)cc3cc2C(C)C)n1. The first-order valence-electron chi connectivity index (χ1n) is 8.54. The van der Waals surface area contributed by atoms with Crippen LogP contribution in [0.15, 0.2) is 46.9 Å². The summed E-state index contributed by atoms with van der Waals surface area (Å²) in [6.07, 6.45) is 0. The molecule has 25 heavy (non-hydrogen) atoms. The van der Waals surface area contributed by atoms with Crippen LogP contribution in [0, 0.1) is 6.92 Å². The van der Waals surface area contributed by atoms with Gasteiger partial charge >= 0.3 is 0 Å². The second-order valence-electron chi connectivity index (χ2n) is 6.44. The number of nitrogens with zero attached hydrogens (tertiary/aromatic N) is 2. The zero-order valence-electron chi connectivity index (χ0n) is 14.8. The third kappa shape index (κ3) is 4.48. The molecule has 2 N–H and O–H groups in total. The van der Waals surface area contributed by atoms with Crippen molar-refractivity contribution in [3.63, 3.8) is 0 Å². The summed E-state index contributed by atoms with van der Waals surface area (Å²) in [5.41, 5.74) is 3.25. The fraction of sp³-hybridized carbons (Fsp3) is 0.300. The van der Waals surface area contributed by atoms with Gasteiger partial charge < -0.3 is 10.6 Å². The van der Waals surface area contributed by atoms with Gasteiger partial charge in [-0.15, -0.1) is 0 Å². The number of anilines is 2. The molecule has 0 aliphatic heterocycles. The van der Waals surface area contributed by atoms with Crippen molar-refractivity contribution in [2.75, 3.05) is 23.7 Å². The summed E-state index contributed by atoms with van der Waals surface area (Å²) in [5.74, 6) is 2.27. The Kier molecular flexibility index (Phi) is 5.53. The van der Waals surface area contributed by atoms with Crippen LogP contribution in [0.4, 0.5) is 11.6 Å². The van der Waals surface area contributed by atoms with E-state index in [1.54, 1.807) is 0 Å². The lowest BCUT2D eigenvalue weighted by molar-refractivity contribution is 0.860. The van der Waals surface area contributed by atoms with Crippen molar-refractivity contribution in [3.05, 3.63) is 58.2 Å². The lowest BCUT2D eigenvalue weighted by Gasteiger charge is -2.15. The van der Waals surface area contributed by atoms with E-state index in [4.69, 9.17) is 4.98 Å². The Morgan fingerprint density at radius 2 is 1.80 bits per heavy atom. The Morgan fingerprint density at radius 3 is 2.56 bits per heavy atom.